The third-order valence-electron chi connectivity index (χ3n) is 4.37. The first kappa shape index (κ1) is 14.6. The Morgan fingerprint density at radius 2 is 1.90 bits per heavy atom. The highest BCUT2D eigenvalue weighted by Crippen LogP contribution is 2.32. The fourth-order valence-electron chi connectivity index (χ4n) is 3.22. The third-order valence-corrected chi connectivity index (χ3v) is 4.37. The zero-order valence-electron chi connectivity index (χ0n) is 12.8. The standard InChI is InChI=1S/C16H26N4O/c21-12-5-1-2-8-14-18-13-7-6-9-17-15(13)16(19-14)20-10-3-4-11-20/h17,21H,1-12H2. The Balaban J connectivity index is 1.79. The topological polar surface area (TPSA) is 61.3 Å². The van der Waals surface area contributed by atoms with Crippen LogP contribution >= 0.6 is 0 Å². The number of hydrogen-bond acceptors (Lipinski definition) is 5. The van der Waals surface area contributed by atoms with Crippen LogP contribution in [0.15, 0.2) is 0 Å². The number of hydrogen-bond donors (Lipinski definition) is 2. The van der Waals surface area contributed by atoms with Gasteiger partial charge in [0.1, 0.15) is 5.82 Å². The Kier molecular flexibility index (Phi) is 4.91. The van der Waals surface area contributed by atoms with Crippen LogP contribution in [0.3, 0.4) is 0 Å². The van der Waals surface area contributed by atoms with Gasteiger partial charge in [0.2, 0.25) is 0 Å². The molecule has 0 saturated carbocycles. The smallest absolute Gasteiger partial charge is 0.156 e. The number of aliphatic hydroxyl groups is 1. The lowest BCUT2D eigenvalue weighted by Crippen LogP contribution is -2.25. The number of nitrogens with zero attached hydrogens (tertiary/aromatic N) is 3. The van der Waals surface area contributed by atoms with Gasteiger partial charge in [-0.25, -0.2) is 9.97 Å². The Labute approximate surface area is 126 Å². The Hall–Kier alpha value is -1.36. The summed E-state index contributed by atoms with van der Waals surface area (Å²) in [5, 5.41) is 12.4. The van der Waals surface area contributed by atoms with Crippen molar-refractivity contribution in [2.45, 2.75) is 51.4 Å². The lowest BCUT2D eigenvalue weighted by Gasteiger charge is -2.26. The molecule has 2 aliphatic rings. The van der Waals surface area contributed by atoms with Crippen molar-refractivity contribution >= 4 is 11.5 Å². The molecule has 0 atom stereocenters. The van der Waals surface area contributed by atoms with Gasteiger partial charge in [0.25, 0.3) is 0 Å². The fourth-order valence-corrected chi connectivity index (χ4v) is 3.22. The first-order valence-electron chi connectivity index (χ1n) is 8.38. The molecule has 5 nitrogen and oxygen atoms in total. The van der Waals surface area contributed by atoms with E-state index in [9.17, 15) is 0 Å². The number of aliphatic hydroxyl groups excluding tert-OH is 1. The van der Waals surface area contributed by atoms with Gasteiger partial charge in [-0.05, 0) is 38.5 Å². The average molecular weight is 290 g/mol. The van der Waals surface area contributed by atoms with Crippen LogP contribution in [0.4, 0.5) is 11.5 Å². The number of anilines is 2. The van der Waals surface area contributed by atoms with Crippen molar-refractivity contribution in [1.29, 1.82) is 0 Å². The average Bonchev–Trinajstić information content (AvgIpc) is 3.05. The van der Waals surface area contributed by atoms with Crippen LogP contribution in [0, 0.1) is 0 Å². The minimum Gasteiger partial charge on any atom is -0.396 e. The van der Waals surface area contributed by atoms with Gasteiger partial charge in [0, 0.05) is 32.7 Å². The van der Waals surface area contributed by atoms with Crippen LogP contribution in [-0.4, -0.2) is 41.3 Å². The molecule has 0 unspecified atom stereocenters. The molecule has 1 fully saturated rings. The van der Waals surface area contributed by atoms with E-state index in [1.54, 1.807) is 0 Å². The zero-order valence-corrected chi connectivity index (χ0v) is 12.8. The summed E-state index contributed by atoms with van der Waals surface area (Å²) in [5.41, 5.74) is 2.39. The lowest BCUT2D eigenvalue weighted by atomic mass is 10.1. The second-order valence-corrected chi connectivity index (χ2v) is 6.04. The van der Waals surface area contributed by atoms with E-state index in [-0.39, 0.29) is 6.61 Å². The van der Waals surface area contributed by atoms with Crippen molar-refractivity contribution in [3.63, 3.8) is 0 Å². The second-order valence-electron chi connectivity index (χ2n) is 6.04. The summed E-state index contributed by atoms with van der Waals surface area (Å²) in [7, 11) is 0. The number of aromatic nitrogens is 2. The van der Waals surface area contributed by atoms with Crippen molar-refractivity contribution in [1.82, 2.24) is 9.97 Å². The molecule has 3 rings (SSSR count). The van der Waals surface area contributed by atoms with Crippen LogP contribution in [0.25, 0.3) is 0 Å². The van der Waals surface area contributed by atoms with Crippen molar-refractivity contribution in [2.75, 3.05) is 36.5 Å². The number of unbranched alkanes of at least 4 members (excludes halogenated alkanes) is 2. The first-order chi connectivity index (χ1) is 10.4. The highest BCUT2D eigenvalue weighted by Gasteiger charge is 2.23. The van der Waals surface area contributed by atoms with Crippen LogP contribution in [0.1, 0.15) is 50.0 Å². The summed E-state index contributed by atoms with van der Waals surface area (Å²) in [6.45, 7) is 3.56. The van der Waals surface area contributed by atoms with E-state index in [0.717, 1.165) is 69.8 Å². The van der Waals surface area contributed by atoms with Crippen molar-refractivity contribution in [3.8, 4) is 0 Å². The molecule has 0 spiro atoms. The van der Waals surface area contributed by atoms with E-state index >= 15 is 0 Å². The summed E-state index contributed by atoms with van der Waals surface area (Å²) in [5.74, 6) is 2.12. The first-order valence-corrected chi connectivity index (χ1v) is 8.38. The molecule has 0 aromatic carbocycles. The fraction of sp³-hybridized carbons (Fsp3) is 0.750. The molecule has 1 aromatic heterocycles. The third kappa shape index (κ3) is 3.46. The molecule has 2 aliphatic heterocycles. The predicted molar refractivity (Wildman–Crippen MR) is 84.9 cm³/mol. The van der Waals surface area contributed by atoms with Crippen molar-refractivity contribution in [3.05, 3.63) is 11.5 Å². The van der Waals surface area contributed by atoms with Gasteiger partial charge in [0.05, 0.1) is 11.4 Å². The largest absolute Gasteiger partial charge is 0.396 e. The van der Waals surface area contributed by atoms with Crippen LogP contribution in [0.2, 0.25) is 0 Å². The van der Waals surface area contributed by atoms with Gasteiger partial charge in [-0.3, -0.25) is 0 Å². The predicted octanol–water partition coefficient (Wildman–Crippen LogP) is 2.14. The molecule has 2 N–H and O–H groups in total. The molecule has 5 heteroatoms. The molecule has 0 amide bonds. The van der Waals surface area contributed by atoms with Gasteiger partial charge < -0.3 is 15.3 Å². The second kappa shape index (κ2) is 7.07. The maximum absolute atomic E-state index is 8.86. The van der Waals surface area contributed by atoms with Gasteiger partial charge in [0.15, 0.2) is 5.82 Å². The maximum atomic E-state index is 8.86. The van der Waals surface area contributed by atoms with Crippen LogP contribution in [-0.2, 0) is 12.8 Å². The quantitative estimate of drug-likeness (QED) is 0.786. The van der Waals surface area contributed by atoms with Crippen molar-refractivity contribution in [2.24, 2.45) is 0 Å². The molecular weight excluding hydrogens is 264 g/mol. The van der Waals surface area contributed by atoms with E-state index in [4.69, 9.17) is 15.1 Å². The van der Waals surface area contributed by atoms with E-state index in [1.807, 2.05) is 0 Å². The molecule has 0 aliphatic carbocycles. The molecule has 1 aromatic rings. The highest BCUT2D eigenvalue weighted by atomic mass is 16.2. The summed E-state index contributed by atoms with van der Waals surface area (Å²) >= 11 is 0. The maximum Gasteiger partial charge on any atom is 0.156 e. The highest BCUT2D eigenvalue weighted by molar-refractivity contribution is 5.69. The summed E-state index contributed by atoms with van der Waals surface area (Å²) in [6, 6.07) is 0. The molecular formula is C16H26N4O. The van der Waals surface area contributed by atoms with E-state index in [2.05, 4.69) is 10.2 Å². The monoisotopic (exact) mass is 290 g/mol. The molecule has 21 heavy (non-hydrogen) atoms. The van der Waals surface area contributed by atoms with Gasteiger partial charge >= 0.3 is 0 Å². The Morgan fingerprint density at radius 1 is 1.05 bits per heavy atom. The van der Waals surface area contributed by atoms with E-state index < -0.39 is 0 Å². The molecule has 0 radical (unpaired) electrons. The normalized spacial score (nSPS) is 17.7. The van der Waals surface area contributed by atoms with Crippen LogP contribution in [0.5, 0.6) is 0 Å². The molecule has 1 saturated heterocycles. The summed E-state index contributed by atoms with van der Waals surface area (Å²) < 4.78 is 0. The number of fused-ring (bicyclic) bond motifs is 1. The lowest BCUT2D eigenvalue weighted by molar-refractivity contribution is 0.283. The van der Waals surface area contributed by atoms with Crippen LogP contribution < -0.4 is 10.2 Å². The summed E-state index contributed by atoms with van der Waals surface area (Å²) in [6.07, 6.45) is 8.68. The van der Waals surface area contributed by atoms with Gasteiger partial charge in [-0.15, -0.1) is 0 Å². The zero-order chi connectivity index (χ0) is 14.5. The number of aryl methyl sites for hydroxylation is 2. The van der Waals surface area contributed by atoms with E-state index in [1.165, 1.54) is 24.2 Å². The number of nitrogens with one attached hydrogen (secondary N) is 1. The molecule has 116 valence electrons. The van der Waals surface area contributed by atoms with Gasteiger partial charge in [-0.1, -0.05) is 6.42 Å². The van der Waals surface area contributed by atoms with Gasteiger partial charge in [-0.2, -0.15) is 0 Å². The van der Waals surface area contributed by atoms with Crippen molar-refractivity contribution < 1.29 is 5.11 Å². The minimum absolute atomic E-state index is 0.286. The van der Waals surface area contributed by atoms with E-state index in [0.29, 0.717) is 0 Å². The number of rotatable bonds is 6. The SMILES string of the molecule is OCCCCCc1nc2c(c(N3CCCC3)n1)NCCC2. The Morgan fingerprint density at radius 3 is 2.71 bits per heavy atom. The molecule has 3 heterocycles. The minimum atomic E-state index is 0.286. The Bertz CT molecular complexity index is 472. The summed E-state index contributed by atoms with van der Waals surface area (Å²) in [4.78, 5) is 12.0. The molecule has 0 bridgehead atoms.